The number of amides is 1. The Morgan fingerprint density at radius 3 is 2.70 bits per heavy atom. The smallest absolute Gasteiger partial charge is 0.272 e. The lowest BCUT2D eigenvalue weighted by Gasteiger charge is -2.23. The molecule has 0 aromatic heterocycles. The van der Waals surface area contributed by atoms with E-state index in [-0.39, 0.29) is 24.1 Å². The van der Waals surface area contributed by atoms with Crippen LogP contribution in [0.1, 0.15) is 35.7 Å². The second-order valence-electron chi connectivity index (χ2n) is 5.57. The number of benzene rings is 1. The van der Waals surface area contributed by atoms with Gasteiger partial charge >= 0.3 is 0 Å². The summed E-state index contributed by atoms with van der Waals surface area (Å²) in [5, 5.41) is 23.5. The van der Waals surface area contributed by atoms with E-state index in [4.69, 9.17) is 0 Å². The molecule has 0 radical (unpaired) electrons. The fraction of sp³-hybridized carbons (Fsp3) is 0.500. The minimum Gasteiger partial charge on any atom is -0.388 e. The van der Waals surface area contributed by atoms with E-state index < -0.39 is 10.5 Å². The number of aliphatic hydroxyl groups is 1. The molecule has 0 saturated heterocycles. The summed E-state index contributed by atoms with van der Waals surface area (Å²) in [5.41, 5.74) is -0.0892. The first kappa shape index (κ1) is 14.5. The molecule has 2 rings (SSSR count). The van der Waals surface area contributed by atoms with Crippen LogP contribution in [0.2, 0.25) is 0 Å². The van der Waals surface area contributed by atoms with Crippen LogP contribution in [-0.4, -0.2) is 28.1 Å². The van der Waals surface area contributed by atoms with Crippen molar-refractivity contribution in [1.29, 1.82) is 0 Å². The Labute approximate surface area is 117 Å². The first-order valence-corrected chi connectivity index (χ1v) is 6.57. The van der Waals surface area contributed by atoms with Gasteiger partial charge in [0.25, 0.3) is 11.6 Å². The summed E-state index contributed by atoms with van der Waals surface area (Å²) in [4.78, 5) is 22.2. The average Bonchev–Trinajstić information content (AvgIpc) is 3.20. The van der Waals surface area contributed by atoms with E-state index in [0.717, 1.165) is 12.8 Å². The van der Waals surface area contributed by atoms with Crippen LogP contribution in [0.5, 0.6) is 0 Å². The Morgan fingerprint density at radius 2 is 2.20 bits per heavy atom. The zero-order valence-electron chi connectivity index (χ0n) is 11.5. The number of carbonyl (C=O) groups is 1. The molecule has 1 aromatic carbocycles. The summed E-state index contributed by atoms with van der Waals surface area (Å²) in [5.74, 6) is -0.0784. The second kappa shape index (κ2) is 5.20. The molecule has 1 aromatic rings. The van der Waals surface area contributed by atoms with E-state index in [1.807, 2.05) is 0 Å². The number of nitrogens with zero attached hydrogens (tertiary/aromatic N) is 1. The van der Waals surface area contributed by atoms with Crippen molar-refractivity contribution in [3.8, 4) is 0 Å². The summed E-state index contributed by atoms with van der Waals surface area (Å²) in [7, 11) is 0. The van der Waals surface area contributed by atoms with Gasteiger partial charge in [-0.3, -0.25) is 14.9 Å². The third-order valence-electron chi connectivity index (χ3n) is 3.72. The monoisotopic (exact) mass is 278 g/mol. The van der Waals surface area contributed by atoms with Crippen molar-refractivity contribution < 1.29 is 14.8 Å². The van der Waals surface area contributed by atoms with Crippen LogP contribution in [-0.2, 0) is 0 Å². The van der Waals surface area contributed by atoms with Crippen LogP contribution in [0.25, 0.3) is 0 Å². The Bertz CT molecular complexity index is 550. The Morgan fingerprint density at radius 1 is 1.55 bits per heavy atom. The molecular formula is C14H18N2O4. The molecule has 1 amide bonds. The number of hydrogen-bond acceptors (Lipinski definition) is 4. The van der Waals surface area contributed by atoms with E-state index >= 15 is 0 Å². The van der Waals surface area contributed by atoms with Crippen molar-refractivity contribution >= 4 is 11.6 Å². The summed E-state index contributed by atoms with van der Waals surface area (Å²) in [6.45, 7) is 3.49. The Balaban J connectivity index is 2.02. The van der Waals surface area contributed by atoms with Crippen LogP contribution in [0.15, 0.2) is 18.2 Å². The van der Waals surface area contributed by atoms with E-state index in [1.54, 1.807) is 13.8 Å². The lowest BCUT2D eigenvalue weighted by molar-refractivity contribution is -0.385. The first-order chi connectivity index (χ1) is 9.31. The van der Waals surface area contributed by atoms with Gasteiger partial charge in [0.2, 0.25) is 0 Å². The maximum absolute atomic E-state index is 12.0. The van der Waals surface area contributed by atoms with Gasteiger partial charge < -0.3 is 10.4 Å². The van der Waals surface area contributed by atoms with Gasteiger partial charge in [-0.15, -0.1) is 0 Å². The van der Waals surface area contributed by atoms with Crippen molar-refractivity contribution in [3.05, 3.63) is 39.4 Å². The highest BCUT2D eigenvalue weighted by Gasteiger charge is 2.39. The van der Waals surface area contributed by atoms with Crippen molar-refractivity contribution in [2.45, 2.75) is 32.3 Å². The van der Waals surface area contributed by atoms with Gasteiger partial charge in [0.15, 0.2) is 0 Å². The van der Waals surface area contributed by atoms with E-state index in [9.17, 15) is 20.0 Å². The molecule has 1 fully saturated rings. The number of nitro benzene ring substituents is 1. The molecule has 0 bridgehead atoms. The predicted molar refractivity (Wildman–Crippen MR) is 73.5 cm³/mol. The third kappa shape index (κ3) is 3.14. The zero-order chi connectivity index (χ0) is 14.9. The molecular weight excluding hydrogens is 260 g/mol. The molecule has 1 atom stereocenters. The summed E-state index contributed by atoms with van der Waals surface area (Å²) >= 11 is 0. The molecule has 6 heteroatoms. The Hall–Kier alpha value is -1.95. The standard InChI is InChI=1S/C14H18N2O4/c1-9-7-10(3-6-12(9)16(19)20)13(17)15-8-14(2,18)11-4-5-11/h3,6-7,11,18H,4-5,8H2,1-2H3,(H,15,17). The van der Waals surface area contributed by atoms with Crippen LogP contribution in [0.3, 0.4) is 0 Å². The fourth-order valence-corrected chi connectivity index (χ4v) is 2.21. The van der Waals surface area contributed by atoms with Crippen LogP contribution in [0, 0.1) is 23.0 Å². The van der Waals surface area contributed by atoms with Gasteiger partial charge in [0.05, 0.1) is 10.5 Å². The molecule has 1 aliphatic rings. The molecule has 0 spiro atoms. The van der Waals surface area contributed by atoms with Gasteiger partial charge in [0, 0.05) is 23.7 Å². The highest BCUT2D eigenvalue weighted by Crippen LogP contribution is 2.39. The van der Waals surface area contributed by atoms with Gasteiger partial charge in [-0.25, -0.2) is 0 Å². The normalized spacial score (nSPS) is 17.4. The van der Waals surface area contributed by atoms with Gasteiger partial charge in [0.1, 0.15) is 0 Å². The fourth-order valence-electron chi connectivity index (χ4n) is 2.21. The second-order valence-corrected chi connectivity index (χ2v) is 5.57. The summed E-state index contributed by atoms with van der Waals surface area (Å²) < 4.78 is 0. The van der Waals surface area contributed by atoms with Crippen molar-refractivity contribution in [3.63, 3.8) is 0 Å². The Kier molecular flexibility index (Phi) is 3.76. The summed E-state index contributed by atoms with van der Waals surface area (Å²) in [6, 6.07) is 4.23. The van der Waals surface area contributed by atoms with E-state index in [0.29, 0.717) is 11.1 Å². The molecule has 0 heterocycles. The van der Waals surface area contributed by atoms with Gasteiger partial charge in [-0.1, -0.05) is 0 Å². The average molecular weight is 278 g/mol. The lowest BCUT2D eigenvalue weighted by Crippen LogP contribution is -2.42. The molecule has 1 aliphatic carbocycles. The highest BCUT2D eigenvalue weighted by molar-refractivity contribution is 5.94. The topological polar surface area (TPSA) is 92.5 Å². The van der Waals surface area contributed by atoms with Crippen molar-refractivity contribution in [2.24, 2.45) is 5.92 Å². The zero-order valence-corrected chi connectivity index (χ0v) is 11.5. The van der Waals surface area contributed by atoms with E-state index in [2.05, 4.69) is 5.32 Å². The quantitative estimate of drug-likeness (QED) is 0.634. The minimum atomic E-state index is -0.883. The van der Waals surface area contributed by atoms with Crippen LogP contribution in [0.4, 0.5) is 5.69 Å². The number of nitro groups is 1. The van der Waals surface area contributed by atoms with Gasteiger partial charge in [-0.05, 0) is 44.7 Å². The van der Waals surface area contributed by atoms with E-state index in [1.165, 1.54) is 18.2 Å². The number of aryl methyl sites for hydroxylation is 1. The van der Waals surface area contributed by atoms with Crippen LogP contribution < -0.4 is 5.32 Å². The maximum Gasteiger partial charge on any atom is 0.272 e. The SMILES string of the molecule is Cc1cc(C(=O)NCC(C)(O)C2CC2)ccc1[N+](=O)[O-]. The number of rotatable bonds is 5. The molecule has 0 aliphatic heterocycles. The molecule has 2 N–H and O–H groups in total. The first-order valence-electron chi connectivity index (χ1n) is 6.57. The highest BCUT2D eigenvalue weighted by atomic mass is 16.6. The van der Waals surface area contributed by atoms with Crippen LogP contribution >= 0.6 is 0 Å². The minimum absolute atomic E-state index is 0.00785. The molecule has 20 heavy (non-hydrogen) atoms. The number of nitrogens with one attached hydrogen (secondary N) is 1. The lowest BCUT2D eigenvalue weighted by atomic mass is 10.0. The molecule has 6 nitrogen and oxygen atoms in total. The predicted octanol–water partition coefficient (Wildman–Crippen LogP) is 1.79. The maximum atomic E-state index is 12.0. The van der Waals surface area contributed by atoms with Crippen molar-refractivity contribution in [2.75, 3.05) is 6.54 Å². The molecule has 108 valence electrons. The molecule has 1 unspecified atom stereocenters. The van der Waals surface area contributed by atoms with Crippen molar-refractivity contribution in [1.82, 2.24) is 5.32 Å². The number of hydrogen-bond donors (Lipinski definition) is 2. The molecule has 1 saturated carbocycles. The third-order valence-corrected chi connectivity index (χ3v) is 3.72. The summed E-state index contributed by atoms with van der Waals surface area (Å²) in [6.07, 6.45) is 1.97. The number of carbonyl (C=O) groups excluding carboxylic acids is 1. The van der Waals surface area contributed by atoms with Gasteiger partial charge in [-0.2, -0.15) is 0 Å². The largest absolute Gasteiger partial charge is 0.388 e.